The predicted molar refractivity (Wildman–Crippen MR) is 83.0 cm³/mol. The largest absolute Gasteiger partial charge is 0.396 e. The van der Waals surface area contributed by atoms with E-state index in [9.17, 15) is 4.79 Å². The van der Waals surface area contributed by atoms with Gasteiger partial charge in [-0.2, -0.15) is 0 Å². The molecule has 1 aromatic heterocycles. The fourth-order valence-corrected chi connectivity index (χ4v) is 2.97. The Balaban J connectivity index is 2.61. The van der Waals surface area contributed by atoms with E-state index in [2.05, 4.69) is 24.1 Å². The number of anilines is 1. The summed E-state index contributed by atoms with van der Waals surface area (Å²) in [5, 5.41) is 15.2. The molecule has 0 aliphatic rings. The van der Waals surface area contributed by atoms with Gasteiger partial charge in [0.15, 0.2) is 5.13 Å². The Bertz CT molecular complexity index is 420. The number of nitrogens with one attached hydrogen (secondary N) is 1. The second kappa shape index (κ2) is 8.34. The Kier molecular flexibility index (Phi) is 7.12. The van der Waals surface area contributed by atoms with Crippen molar-refractivity contribution >= 4 is 22.4 Å². The van der Waals surface area contributed by atoms with E-state index in [1.807, 2.05) is 12.3 Å². The van der Waals surface area contributed by atoms with E-state index in [1.165, 1.54) is 11.3 Å². The fraction of sp³-hybridized carbons (Fsp3) is 0.714. The van der Waals surface area contributed by atoms with Crippen LogP contribution in [0.4, 0.5) is 5.13 Å². The van der Waals surface area contributed by atoms with Crippen molar-refractivity contribution < 1.29 is 9.90 Å². The summed E-state index contributed by atoms with van der Waals surface area (Å²) in [7, 11) is 0. The minimum absolute atomic E-state index is 0.0155. The van der Waals surface area contributed by atoms with Crippen LogP contribution in [-0.4, -0.2) is 35.2 Å². The van der Waals surface area contributed by atoms with E-state index < -0.39 is 0 Å². The molecule has 0 saturated carbocycles. The lowest BCUT2D eigenvalue weighted by molar-refractivity contribution is -0.116. The van der Waals surface area contributed by atoms with E-state index >= 15 is 0 Å². The van der Waals surface area contributed by atoms with Crippen LogP contribution < -0.4 is 10.2 Å². The summed E-state index contributed by atoms with van der Waals surface area (Å²) in [5.41, 5.74) is 0.938. The highest BCUT2D eigenvalue weighted by Crippen LogP contribution is 2.20. The minimum atomic E-state index is 0.0155. The van der Waals surface area contributed by atoms with Crippen LogP contribution in [0.1, 0.15) is 39.8 Å². The summed E-state index contributed by atoms with van der Waals surface area (Å²) in [6.45, 7) is 9.24. The average Bonchev–Trinajstić information content (AvgIpc) is 2.83. The smallest absolute Gasteiger partial charge is 0.225 e. The molecule has 20 heavy (non-hydrogen) atoms. The molecule has 0 fully saturated rings. The maximum atomic E-state index is 11.5. The molecule has 0 radical (unpaired) electrons. The van der Waals surface area contributed by atoms with Gasteiger partial charge in [-0.1, -0.05) is 13.8 Å². The van der Waals surface area contributed by atoms with E-state index in [0.29, 0.717) is 19.0 Å². The Morgan fingerprint density at radius 1 is 1.55 bits per heavy atom. The van der Waals surface area contributed by atoms with Crippen LogP contribution in [0.3, 0.4) is 0 Å². The topological polar surface area (TPSA) is 65.5 Å². The van der Waals surface area contributed by atoms with Crippen LogP contribution in [-0.2, 0) is 11.3 Å². The molecule has 0 aromatic carbocycles. The molecule has 0 aliphatic heterocycles. The molecular formula is C14H25N3O2S. The van der Waals surface area contributed by atoms with Crippen molar-refractivity contribution in [3.63, 3.8) is 0 Å². The first-order valence-electron chi connectivity index (χ1n) is 7.06. The fourth-order valence-electron chi connectivity index (χ4n) is 2.04. The van der Waals surface area contributed by atoms with Crippen LogP contribution in [0.15, 0.2) is 5.38 Å². The first kappa shape index (κ1) is 17.1. The van der Waals surface area contributed by atoms with E-state index in [-0.39, 0.29) is 18.6 Å². The van der Waals surface area contributed by atoms with E-state index in [1.54, 1.807) is 11.8 Å². The number of aliphatic hydroxyl groups is 1. The zero-order valence-corrected chi connectivity index (χ0v) is 13.5. The predicted octanol–water partition coefficient (Wildman–Crippen LogP) is 2.01. The van der Waals surface area contributed by atoms with Crippen molar-refractivity contribution in [3.05, 3.63) is 11.1 Å². The molecule has 0 bridgehead atoms. The van der Waals surface area contributed by atoms with Crippen molar-refractivity contribution in [3.8, 4) is 0 Å². The van der Waals surface area contributed by atoms with Gasteiger partial charge in [-0.25, -0.2) is 4.98 Å². The number of amides is 1. The number of hydrogen-bond donors (Lipinski definition) is 2. The van der Waals surface area contributed by atoms with Crippen molar-refractivity contribution in [2.24, 2.45) is 5.92 Å². The molecule has 0 aliphatic carbocycles. The summed E-state index contributed by atoms with van der Waals surface area (Å²) in [4.78, 5) is 17.6. The molecule has 1 amide bonds. The highest BCUT2D eigenvalue weighted by atomic mass is 32.1. The number of hydrogen-bond acceptors (Lipinski definition) is 5. The first-order valence-corrected chi connectivity index (χ1v) is 7.94. The maximum Gasteiger partial charge on any atom is 0.225 e. The van der Waals surface area contributed by atoms with Crippen molar-refractivity contribution in [2.45, 2.75) is 46.7 Å². The number of carbonyl (C=O) groups is 1. The Hall–Kier alpha value is -0.980. The zero-order chi connectivity index (χ0) is 15.1. The van der Waals surface area contributed by atoms with Crippen LogP contribution >= 0.6 is 11.3 Å². The third-order valence-corrected chi connectivity index (χ3v) is 4.17. The monoisotopic (exact) mass is 299 g/mol. The van der Waals surface area contributed by atoms with Gasteiger partial charge in [0.2, 0.25) is 5.91 Å². The van der Waals surface area contributed by atoms with E-state index in [4.69, 9.17) is 5.11 Å². The number of carbonyl (C=O) groups excluding carboxylic acids is 1. The van der Waals surface area contributed by atoms with Crippen LogP contribution in [0, 0.1) is 5.92 Å². The molecule has 1 unspecified atom stereocenters. The summed E-state index contributed by atoms with van der Waals surface area (Å²) in [6, 6.07) is 0.278. The quantitative estimate of drug-likeness (QED) is 0.770. The molecule has 6 heteroatoms. The number of nitrogens with zero attached hydrogens (tertiary/aromatic N) is 2. The molecule has 1 aromatic rings. The lowest BCUT2D eigenvalue weighted by Crippen LogP contribution is -2.34. The van der Waals surface area contributed by atoms with Gasteiger partial charge in [-0.15, -0.1) is 11.3 Å². The Morgan fingerprint density at radius 3 is 2.75 bits per heavy atom. The van der Waals surface area contributed by atoms with Gasteiger partial charge in [-0.3, -0.25) is 9.69 Å². The summed E-state index contributed by atoms with van der Waals surface area (Å²) >= 11 is 1.49. The van der Waals surface area contributed by atoms with E-state index in [0.717, 1.165) is 17.2 Å². The van der Waals surface area contributed by atoms with Gasteiger partial charge < -0.3 is 10.4 Å². The molecule has 1 heterocycles. The van der Waals surface area contributed by atoms with Crippen LogP contribution in [0.5, 0.6) is 0 Å². The molecule has 0 saturated heterocycles. The SMILES string of the molecule is CCN(C(C)=O)c1nc(CNC(CCO)C(C)C)cs1. The van der Waals surface area contributed by atoms with Gasteiger partial charge >= 0.3 is 0 Å². The molecule has 114 valence electrons. The average molecular weight is 299 g/mol. The van der Waals surface area contributed by atoms with Gasteiger partial charge in [0.05, 0.1) is 5.69 Å². The summed E-state index contributed by atoms with van der Waals surface area (Å²) in [6.07, 6.45) is 0.739. The number of aromatic nitrogens is 1. The van der Waals surface area contributed by atoms with Crippen molar-refractivity contribution in [2.75, 3.05) is 18.1 Å². The van der Waals surface area contributed by atoms with Crippen molar-refractivity contribution in [1.82, 2.24) is 10.3 Å². The summed E-state index contributed by atoms with van der Waals surface area (Å²) < 4.78 is 0. The van der Waals surface area contributed by atoms with Crippen LogP contribution in [0.2, 0.25) is 0 Å². The Morgan fingerprint density at radius 2 is 2.25 bits per heavy atom. The van der Waals surface area contributed by atoms with Gasteiger partial charge in [0.25, 0.3) is 0 Å². The van der Waals surface area contributed by atoms with Gasteiger partial charge in [-0.05, 0) is 19.3 Å². The second-order valence-electron chi connectivity index (χ2n) is 5.13. The highest BCUT2D eigenvalue weighted by molar-refractivity contribution is 7.14. The first-order chi connectivity index (χ1) is 9.49. The normalized spacial score (nSPS) is 12.7. The van der Waals surface area contributed by atoms with Gasteiger partial charge in [0, 0.05) is 38.0 Å². The Labute approximate surface area is 125 Å². The number of thiazole rings is 1. The maximum absolute atomic E-state index is 11.5. The standard InChI is InChI=1S/C14H25N3O2S/c1-5-17(11(4)19)14-16-12(9-20-14)8-15-13(6-7-18)10(2)3/h9-10,13,15,18H,5-8H2,1-4H3. The molecule has 5 nitrogen and oxygen atoms in total. The molecule has 1 rings (SSSR count). The molecule has 1 atom stereocenters. The lowest BCUT2D eigenvalue weighted by atomic mass is 10.0. The van der Waals surface area contributed by atoms with Crippen LogP contribution in [0.25, 0.3) is 0 Å². The molecule has 0 spiro atoms. The van der Waals surface area contributed by atoms with Crippen molar-refractivity contribution in [1.29, 1.82) is 0 Å². The molecular weight excluding hydrogens is 274 g/mol. The minimum Gasteiger partial charge on any atom is -0.396 e. The third kappa shape index (κ3) is 4.85. The highest BCUT2D eigenvalue weighted by Gasteiger charge is 2.15. The second-order valence-corrected chi connectivity index (χ2v) is 5.96. The third-order valence-electron chi connectivity index (χ3n) is 3.26. The molecule has 2 N–H and O–H groups in total. The van der Waals surface area contributed by atoms with Gasteiger partial charge in [0.1, 0.15) is 0 Å². The zero-order valence-electron chi connectivity index (χ0n) is 12.7. The number of aliphatic hydroxyl groups excluding tert-OH is 1. The lowest BCUT2D eigenvalue weighted by Gasteiger charge is -2.21. The number of rotatable bonds is 8. The summed E-state index contributed by atoms with van der Waals surface area (Å²) in [5.74, 6) is 0.478.